The van der Waals surface area contributed by atoms with Gasteiger partial charge in [0.1, 0.15) is 0 Å². The number of carboxylic acid groups (broad SMARTS) is 2. The van der Waals surface area contributed by atoms with Crippen LogP contribution in [0.4, 0.5) is 0 Å². The second-order valence-corrected chi connectivity index (χ2v) is 5.33. The maximum absolute atomic E-state index is 11.4. The molecule has 0 aromatic heterocycles. The molecule has 0 saturated heterocycles. The van der Waals surface area contributed by atoms with Crippen molar-refractivity contribution in [2.24, 2.45) is 0 Å². The molecule has 0 aliphatic heterocycles. The minimum absolute atomic E-state index is 0.715. The first-order valence-corrected chi connectivity index (χ1v) is 5.95. The van der Waals surface area contributed by atoms with Gasteiger partial charge in [0.25, 0.3) is 0 Å². The minimum Gasteiger partial charge on any atom is -0.481 e. The first kappa shape index (κ1) is 19.0. The van der Waals surface area contributed by atoms with E-state index in [-0.39, 0.29) is 0 Å². The molecule has 9 nitrogen and oxygen atoms in total. The highest BCUT2D eigenvalue weighted by atomic mass is 16.6. The number of esters is 2. The van der Waals surface area contributed by atoms with Crippen molar-refractivity contribution < 1.29 is 44.3 Å². The Labute approximate surface area is 120 Å². The van der Waals surface area contributed by atoms with Crippen LogP contribution in [0.1, 0.15) is 39.5 Å². The second-order valence-electron chi connectivity index (χ2n) is 5.33. The molecule has 2 atom stereocenters. The van der Waals surface area contributed by atoms with E-state index in [1.165, 1.54) is 0 Å². The van der Waals surface area contributed by atoms with Gasteiger partial charge >= 0.3 is 23.9 Å². The van der Waals surface area contributed by atoms with Crippen LogP contribution in [0.3, 0.4) is 0 Å². The second kappa shape index (κ2) is 7.14. The van der Waals surface area contributed by atoms with E-state index in [9.17, 15) is 29.4 Å². The highest BCUT2D eigenvalue weighted by Crippen LogP contribution is 2.18. The largest absolute Gasteiger partial charge is 0.481 e. The third kappa shape index (κ3) is 9.52. The van der Waals surface area contributed by atoms with E-state index in [1.807, 2.05) is 0 Å². The molecule has 0 aromatic carbocycles. The molecule has 21 heavy (non-hydrogen) atoms. The zero-order valence-corrected chi connectivity index (χ0v) is 11.7. The summed E-state index contributed by atoms with van der Waals surface area (Å²) in [6.45, 7) is 2.18. The molecule has 0 fully saturated rings. The van der Waals surface area contributed by atoms with Crippen LogP contribution >= 0.6 is 0 Å². The van der Waals surface area contributed by atoms with Gasteiger partial charge in [-0.25, -0.2) is 0 Å². The molecule has 0 aromatic rings. The molecule has 0 spiro atoms. The van der Waals surface area contributed by atoms with Gasteiger partial charge in [0, 0.05) is 0 Å². The average molecular weight is 306 g/mol. The zero-order chi connectivity index (χ0) is 16.8. The first-order chi connectivity index (χ1) is 9.33. The zero-order valence-electron chi connectivity index (χ0n) is 11.7. The number of carbonyl (C=O) groups is 4. The molecule has 0 aliphatic rings. The lowest BCUT2D eigenvalue weighted by Gasteiger charge is -2.21. The Morgan fingerprint density at radius 2 is 1.05 bits per heavy atom. The van der Waals surface area contributed by atoms with E-state index in [1.54, 1.807) is 0 Å². The van der Waals surface area contributed by atoms with Crippen molar-refractivity contribution in [2.45, 2.75) is 50.7 Å². The molecule has 0 saturated carbocycles. The standard InChI is InChI=1S/C12H18O9/c1-11(19,3-7(13)14)5-9(17)21-10(18)6-12(2,20)4-8(15)16/h19-20H,3-6H2,1-2H3,(H,13,14)(H,15,16). The van der Waals surface area contributed by atoms with Crippen molar-refractivity contribution in [1.29, 1.82) is 0 Å². The lowest BCUT2D eigenvalue weighted by molar-refractivity contribution is -0.165. The fourth-order valence-electron chi connectivity index (χ4n) is 1.60. The predicted octanol–water partition coefficient (Wildman–Crippen LogP) is -0.712. The molecular formula is C12H18O9. The molecule has 120 valence electrons. The smallest absolute Gasteiger partial charge is 0.316 e. The summed E-state index contributed by atoms with van der Waals surface area (Å²) in [7, 11) is 0. The molecule has 0 radical (unpaired) electrons. The van der Waals surface area contributed by atoms with E-state index in [0.717, 1.165) is 13.8 Å². The molecule has 0 bridgehead atoms. The number of aliphatic carboxylic acids is 2. The van der Waals surface area contributed by atoms with E-state index in [4.69, 9.17) is 10.2 Å². The van der Waals surface area contributed by atoms with Crippen LogP contribution in [0.2, 0.25) is 0 Å². The van der Waals surface area contributed by atoms with E-state index >= 15 is 0 Å². The summed E-state index contributed by atoms with van der Waals surface area (Å²) in [5.74, 6) is -5.00. The Kier molecular flexibility index (Phi) is 6.46. The molecule has 9 heteroatoms. The topological polar surface area (TPSA) is 158 Å². The van der Waals surface area contributed by atoms with Crippen LogP contribution in [-0.2, 0) is 23.9 Å². The molecule has 0 amide bonds. The number of rotatable bonds is 8. The number of carbonyl (C=O) groups excluding carboxylic acids is 2. The van der Waals surface area contributed by atoms with Crippen LogP contribution in [0.5, 0.6) is 0 Å². The van der Waals surface area contributed by atoms with Crippen LogP contribution in [0.25, 0.3) is 0 Å². The number of ether oxygens (including phenoxy) is 1. The van der Waals surface area contributed by atoms with Gasteiger partial charge in [-0.1, -0.05) is 0 Å². The molecule has 4 N–H and O–H groups in total. The van der Waals surface area contributed by atoms with E-state index < -0.39 is 60.8 Å². The average Bonchev–Trinajstić information content (AvgIpc) is 2.07. The quantitative estimate of drug-likeness (QED) is 0.335. The van der Waals surface area contributed by atoms with Crippen molar-refractivity contribution in [3.8, 4) is 0 Å². The maximum atomic E-state index is 11.4. The normalized spacial score (nSPS) is 16.4. The third-order valence-electron chi connectivity index (χ3n) is 2.34. The van der Waals surface area contributed by atoms with Gasteiger partial charge in [-0.05, 0) is 13.8 Å². The SMILES string of the molecule is CC(O)(CC(=O)O)CC(=O)OC(=O)CC(C)(O)CC(=O)O. The van der Waals surface area contributed by atoms with Crippen molar-refractivity contribution in [2.75, 3.05) is 0 Å². The summed E-state index contributed by atoms with van der Waals surface area (Å²) in [4.78, 5) is 43.6. The summed E-state index contributed by atoms with van der Waals surface area (Å²) in [5, 5.41) is 36.2. The summed E-state index contributed by atoms with van der Waals surface area (Å²) < 4.78 is 4.30. The fraction of sp³-hybridized carbons (Fsp3) is 0.667. The molecule has 2 unspecified atom stereocenters. The Morgan fingerprint density at radius 3 is 1.29 bits per heavy atom. The predicted molar refractivity (Wildman–Crippen MR) is 66.1 cm³/mol. The van der Waals surface area contributed by atoms with Crippen molar-refractivity contribution >= 4 is 23.9 Å². The Morgan fingerprint density at radius 1 is 0.762 bits per heavy atom. The summed E-state index contributed by atoms with van der Waals surface area (Å²) in [6.07, 6.45) is -2.89. The lowest BCUT2D eigenvalue weighted by atomic mass is 9.98. The van der Waals surface area contributed by atoms with Crippen molar-refractivity contribution in [3.63, 3.8) is 0 Å². The first-order valence-electron chi connectivity index (χ1n) is 5.95. The lowest BCUT2D eigenvalue weighted by Crippen LogP contribution is -2.35. The van der Waals surface area contributed by atoms with Gasteiger partial charge in [-0.3, -0.25) is 19.2 Å². The summed E-state index contributed by atoms with van der Waals surface area (Å²) >= 11 is 0. The van der Waals surface area contributed by atoms with Crippen LogP contribution in [0.15, 0.2) is 0 Å². The minimum atomic E-state index is -1.88. The Bertz CT molecular complexity index is 396. The fourth-order valence-corrected chi connectivity index (χ4v) is 1.60. The van der Waals surface area contributed by atoms with Crippen LogP contribution in [-0.4, -0.2) is 55.5 Å². The van der Waals surface area contributed by atoms with E-state index in [0.29, 0.717) is 0 Å². The number of carboxylic acids is 2. The Hall–Kier alpha value is -2.00. The number of hydrogen-bond donors (Lipinski definition) is 4. The maximum Gasteiger partial charge on any atom is 0.316 e. The number of hydrogen-bond acceptors (Lipinski definition) is 7. The van der Waals surface area contributed by atoms with Crippen LogP contribution < -0.4 is 0 Å². The van der Waals surface area contributed by atoms with Crippen molar-refractivity contribution in [1.82, 2.24) is 0 Å². The summed E-state index contributed by atoms with van der Waals surface area (Å²) in [6, 6.07) is 0. The number of aliphatic hydroxyl groups is 2. The molecule has 0 heterocycles. The van der Waals surface area contributed by atoms with Gasteiger partial charge in [0.05, 0.1) is 36.9 Å². The molecular weight excluding hydrogens is 288 g/mol. The summed E-state index contributed by atoms with van der Waals surface area (Å²) in [5.41, 5.74) is -3.76. The molecule has 0 rings (SSSR count). The van der Waals surface area contributed by atoms with Gasteiger partial charge in [0.15, 0.2) is 0 Å². The van der Waals surface area contributed by atoms with E-state index in [2.05, 4.69) is 4.74 Å². The van der Waals surface area contributed by atoms with Crippen LogP contribution in [0, 0.1) is 0 Å². The van der Waals surface area contributed by atoms with Gasteiger partial charge in [-0.15, -0.1) is 0 Å². The highest BCUT2D eigenvalue weighted by molar-refractivity contribution is 5.87. The van der Waals surface area contributed by atoms with Gasteiger partial charge in [0.2, 0.25) is 0 Å². The Balaban J connectivity index is 4.43. The monoisotopic (exact) mass is 306 g/mol. The molecule has 0 aliphatic carbocycles. The van der Waals surface area contributed by atoms with Gasteiger partial charge < -0.3 is 25.2 Å². The van der Waals surface area contributed by atoms with Crippen molar-refractivity contribution in [3.05, 3.63) is 0 Å². The third-order valence-corrected chi connectivity index (χ3v) is 2.34. The van der Waals surface area contributed by atoms with Gasteiger partial charge in [-0.2, -0.15) is 0 Å². The highest BCUT2D eigenvalue weighted by Gasteiger charge is 2.32.